The maximum absolute atomic E-state index is 13.7. The van der Waals surface area contributed by atoms with Gasteiger partial charge in [-0.3, -0.25) is 9.36 Å². The first kappa shape index (κ1) is 20.5. The van der Waals surface area contributed by atoms with Crippen LogP contribution in [-0.4, -0.2) is 14.5 Å². The van der Waals surface area contributed by atoms with E-state index < -0.39 is 17.7 Å². The van der Waals surface area contributed by atoms with Crippen molar-refractivity contribution in [2.45, 2.75) is 6.04 Å². The van der Waals surface area contributed by atoms with Crippen molar-refractivity contribution in [1.82, 2.24) is 14.5 Å². The summed E-state index contributed by atoms with van der Waals surface area (Å²) in [6.07, 6.45) is 1.63. The maximum Gasteiger partial charge on any atom is 0.253 e. The Morgan fingerprint density at radius 1 is 0.758 bits per heavy atom. The number of rotatable bonds is 5. The summed E-state index contributed by atoms with van der Waals surface area (Å²) in [4.78, 5) is 22.2. The van der Waals surface area contributed by atoms with Crippen LogP contribution in [0.5, 0.6) is 0 Å². The molecule has 0 amide bonds. The molecule has 5 rings (SSSR count). The first-order valence-corrected chi connectivity index (χ1v) is 10.3. The van der Waals surface area contributed by atoms with Crippen molar-refractivity contribution in [3.63, 3.8) is 0 Å². The fourth-order valence-corrected chi connectivity index (χ4v) is 3.78. The Hall–Kier alpha value is -4.39. The summed E-state index contributed by atoms with van der Waals surface area (Å²) in [5.74, 6) is -0.456. The van der Waals surface area contributed by atoms with Gasteiger partial charge in [-0.2, -0.15) is 4.98 Å². The molecule has 2 heterocycles. The molecule has 0 saturated carbocycles. The number of nitrogens with one attached hydrogen (secondary N) is 1. The van der Waals surface area contributed by atoms with E-state index in [-0.39, 0.29) is 5.56 Å². The van der Waals surface area contributed by atoms with E-state index in [1.807, 2.05) is 30.3 Å². The highest BCUT2D eigenvalue weighted by atomic mass is 19.1. The summed E-state index contributed by atoms with van der Waals surface area (Å²) in [6.45, 7) is 0. The van der Waals surface area contributed by atoms with Gasteiger partial charge in [0.2, 0.25) is 5.95 Å². The lowest BCUT2D eigenvalue weighted by atomic mass is 9.98. The second kappa shape index (κ2) is 8.63. The molecule has 0 aliphatic carbocycles. The standard InChI is InChI=1S/C26H18F2N4O/c27-20-11-6-17(7-12-20)24(18-8-13-21(28)14-9-18)32-23(33)15-10-19-16-29-26(31-25(19)32)30-22-4-2-1-3-5-22/h1-16,24H,(H,29,30,31). The quantitative estimate of drug-likeness (QED) is 0.395. The van der Waals surface area contributed by atoms with E-state index in [1.165, 1.54) is 34.9 Å². The van der Waals surface area contributed by atoms with E-state index in [2.05, 4.69) is 15.3 Å². The zero-order chi connectivity index (χ0) is 22.8. The molecule has 3 aromatic carbocycles. The number of benzene rings is 3. The van der Waals surface area contributed by atoms with E-state index >= 15 is 0 Å². The molecule has 0 bridgehead atoms. The van der Waals surface area contributed by atoms with Gasteiger partial charge in [0, 0.05) is 23.3 Å². The molecular weight excluding hydrogens is 422 g/mol. The Labute approximate surface area is 188 Å². The molecule has 5 nitrogen and oxygen atoms in total. The van der Waals surface area contributed by atoms with E-state index in [0.29, 0.717) is 28.1 Å². The number of anilines is 2. The smallest absolute Gasteiger partial charge is 0.253 e. The van der Waals surface area contributed by atoms with Crippen molar-refractivity contribution in [2.75, 3.05) is 5.32 Å². The Morgan fingerprint density at radius 3 is 1.97 bits per heavy atom. The second-order valence-corrected chi connectivity index (χ2v) is 7.51. The molecule has 2 aromatic heterocycles. The summed E-state index contributed by atoms with van der Waals surface area (Å²) in [5.41, 5.74) is 2.22. The Kier molecular flexibility index (Phi) is 5.36. The average Bonchev–Trinajstić information content (AvgIpc) is 2.83. The third kappa shape index (κ3) is 4.21. The summed E-state index contributed by atoms with van der Waals surface area (Å²) >= 11 is 0. The first-order chi connectivity index (χ1) is 16.1. The Bertz CT molecular complexity index is 1420. The molecule has 33 heavy (non-hydrogen) atoms. The summed E-state index contributed by atoms with van der Waals surface area (Å²) in [7, 11) is 0. The predicted octanol–water partition coefficient (Wildman–Crippen LogP) is 5.45. The second-order valence-electron chi connectivity index (χ2n) is 7.51. The number of hydrogen-bond donors (Lipinski definition) is 1. The molecule has 0 fully saturated rings. The number of aromatic nitrogens is 3. The molecule has 0 atom stereocenters. The summed E-state index contributed by atoms with van der Waals surface area (Å²) in [6, 6.07) is 23.7. The minimum absolute atomic E-state index is 0.300. The van der Waals surface area contributed by atoms with Crippen LogP contribution < -0.4 is 10.9 Å². The minimum Gasteiger partial charge on any atom is -0.324 e. The van der Waals surface area contributed by atoms with Gasteiger partial charge in [0.15, 0.2) is 0 Å². The van der Waals surface area contributed by atoms with Crippen molar-refractivity contribution >= 4 is 22.7 Å². The van der Waals surface area contributed by atoms with Crippen molar-refractivity contribution in [2.24, 2.45) is 0 Å². The van der Waals surface area contributed by atoms with E-state index in [9.17, 15) is 13.6 Å². The van der Waals surface area contributed by atoms with Gasteiger partial charge in [-0.05, 0) is 53.6 Å². The number of fused-ring (bicyclic) bond motifs is 1. The topological polar surface area (TPSA) is 59.8 Å². The fourth-order valence-electron chi connectivity index (χ4n) is 3.78. The van der Waals surface area contributed by atoms with Crippen LogP contribution in [0.2, 0.25) is 0 Å². The van der Waals surface area contributed by atoms with Crippen LogP contribution in [0.4, 0.5) is 20.4 Å². The normalized spacial score (nSPS) is 11.1. The van der Waals surface area contributed by atoms with Crippen LogP contribution in [-0.2, 0) is 0 Å². The highest BCUT2D eigenvalue weighted by Crippen LogP contribution is 2.29. The van der Waals surface area contributed by atoms with Crippen molar-refractivity contribution < 1.29 is 8.78 Å². The van der Waals surface area contributed by atoms with Crippen LogP contribution in [0.25, 0.3) is 11.0 Å². The zero-order valence-corrected chi connectivity index (χ0v) is 17.3. The molecule has 162 valence electrons. The van der Waals surface area contributed by atoms with E-state index in [4.69, 9.17) is 0 Å². The largest absolute Gasteiger partial charge is 0.324 e. The van der Waals surface area contributed by atoms with Gasteiger partial charge < -0.3 is 5.32 Å². The zero-order valence-electron chi connectivity index (χ0n) is 17.3. The summed E-state index contributed by atoms with van der Waals surface area (Å²) in [5, 5.41) is 3.79. The molecule has 0 radical (unpaired) electrons. The van der Waals surface area contributed by atoms with E-state index in [0.717, 1.165) is 5.69 Å². The number of nitrogens with zero attached hydrogens (tertiary/aromatic N) is 3. The lowest BCUT2D eigenvalue weighted by Crippen LogP contribution is -2.27. The molecule has 5 aromatic rings. The highest BCUT2D eigenvalue weighted by molar-refractivity contribution is 5.76. The molecule has 0 unspecified atom stereocenters. The highest BCUT2D eigenvalue weighted by Gasteiger charge is 2.21. The van der Waals surface area contributed by atoms with Crippen molar-refractivity contribution in [3.8, 4) is 0 Å². The lowest BCUT2D eigenvalue weighted by molar-refractivity contribution is 0.617. The maximum atomic E-state index is 13.7. The first-order valence-electron chi connectivity index (χ1n) is 10.3. The molecular formula is C26H18F2N4O. The molecule has 0 aliphatic rings. The Morgan fingerprint density at radius 2 is 1.36 bits per heavy atom. The third-order valence-electron chi connectivity index (χ3n) is 5.33. The van der Waals surface area contributed by atoms with Gasteiger partial charge in [0.05, 0.1) is 6.04 Å². The van der Waals surface area contributed by atoms with Crippen molar-refractivity contribution in [3.05, 3.63) is 130 Å². The van der Waals surface area contributed by atoms with Crippen LogP contribution in [0.3, 0.4) is 0 Å². The minimum atomic E-state index is -0.651. The number of halogens is 2. The van der Waals surface area contributed by atoms with Crippen LogP contribution in [0.15, 0.2) is 102 Å². The third-order valence-corrected chi connectivity index (χ3v) is 5.33. The number of hydrogen-bond acceptors (Lipinski definition) is 4. The fraction of sp³-hybridized carbons (Fsp3) is 0.0385. The SMILES string of the molecule is O=c1ccc2cnc(Nc3ccccc3)nc2n1C(c1ccc(F)cc1)c1ccc(F)cc1. The van der Waals surface area contributed by atoms with Gasteiger partial charge in [-0.25, -0.2) is 13.8 Å². The van der Waals surface area contributed by atoms with Gasteiger partial charge in [0.1, 0.15) is 17.3 Å². The summed E-state index contributed by atoms with van der Waals surface area (Å²) < 4.78 is 28.8. The molecule has 0 saturated heterocycles. The van der Waals surface area contributed by atoms with E-state index in [1.54, 1.807) is 36.5 Å². The van der Waals surface area contributed by atoms with Crippen LogP contribution >= 0.6 is 0 Å². The molecule has 0 spiro atoms. The van der Waals surface area contributed by atoms with Gasteiger partial charge in [0.25, 0.3) is 5.56 Å². The molecule has 1 N–H and O–H groups in total. The molecule has 0 aliphatic heterocycles. The van der Waals surface area contributed by atoms with Crippen LogP contribution in [0.1, 0.15) is 17.2 Å². The lowest BCUT2D eigenvalue weighted by Gasteiger charge is -2.22. The van der Waals surface area contributed by atoms with Gasteiger partial charge >= 0.3 is 0 Å². The monoisotopic (exact) mass is 440 g/mol. The van der Waals surface area contributed by atoms with Crippen molar-refractivity contribution in [1.29, 1.82) is 0 Å². The Balaban J connectivity index is 1.72. The van der Waals surface area contributed by atoms with Gasteiger partial charge in [-0.15, -0.1) is 0 Å². The number of para-hydroxylation sites is 1. The average molecular weight is 440 g/mol. The van der Waals surface area contributed by atoms with Gasteiger partial charge in [-0.1, -0.05) is 42.5 Å². The number of pyridine rings is 1. The molecule has 7 heteroatoms. The predicted molar refractivity (Wildman–Crippen MR) is 124 cm³/mol. The van der Waals surface area contributed by atoms with Crippen LogP contribution in [0, 0.1) is 11.6 Å².